The lowest BCUT2D eigenvalue weighted by Crippen LogP contribution is -2.39. The van der Waals surface area contributed by atoms with E-state index >= 15 is 0 Å². The third kappa shape index (κ3) is 2.62. The van der Waals surface area contributed by atoms with Crippen LogP contribution in [0.2, 0.25) is 0 Å². The maximum absolute atomic E-state index is 12.4. The van der Waals surface area contributed by atoms with Gasteiger partial charge in [0.15, 0.2) is 0 Å². The van der Waals surface area contributed by atoms with Crippen molar-refractivity contribution in [2.75, 3.05) is 19.7 Å². The molecule has 1 aliphatic rings. The molecule has 0 saturated carbocycles. The number of ether oxygens (including phenoxy) is 1. The minimum atomic E-state index is -0.745. The van der Waals surface area contributed by atoms with Crippen molar-refractivity contribution in [2.45, 2.75) is 25.6 Å². The van der Waals surface area contributed by atoms with Gasteiger partial charge in [0.2, 0.25) is 0 Å². The molecule has 0 radical (unpaired) electrons. The molecule has 0 bridgehead atoms. The standard InChI is InChI=1S/C7H14FNO/c1-6(8)4-7-5-9-2-3-10-7/h6-7,9H,2-5H2,1H3. The molecule has 0 amide bonds. The van der Waals surface area contributed by atoms with Gasteiger partial charge in [0, 0.05) is 19.5 Å². The van der Waals surface area contributed by atoms with Crippen LogP contribution in [0.5, 0.6) is 0 Å². The molecule has 1 N–H and O–H groups in total. The molecule has 2 nitrogen and oxygen atoms in total. The van der Waals surface area contributed by atoms with Gasteiger partial charge in [-0.3, -0.25) is 0 Å². The van der Waals surface area contributed by atoms with Gasteiger partial charge in [-0.05, 0) is 6.92 Å². The average molecular weight is 147 g/mol. The van der Waals surface area contributed by atoms with Gasteiger partial charge in [0.05, 0.1) is 18.9 Å². The van der Waals surface area contributed by atoms with Crippen LogP contribution in [0.3, 0.4) is 0 Å². The Labute approximate surface area is 60.8 Å². The summed E-state index contributed by atoms with van der Waals surface area (Å²) in [4.78, 5) is 0. The summed E-state index contributed by atoms with van der Waals surface area (Å²) in [6.45, 7) is 3.99. The van der Waals surface area contributed by atoms with E-state index in [1.54, 1.807) is 6.92 Å². The van der Waals surface area contributed by atoms with Crippen molar-refractivity contribution in [3.8, 4) is 0 Å². The van der Waals surface area contributed by atoms with Crippen molar-refractivity contribution in [3.05, 3.63) is 0 Å². The topological polar surface area (TPSA) is 21.3 Å². The number of morpholine rings is 1. The molecule has 0 aromatic carbocycles. The van der Waals surface area contributed by atoms with Crippen molar-refractivity contribution in [1.29, 1.82) is 0 Å². The molecule has 1 fully saturated rings. The van der Waals surface area contributed by atoms with Gasteiger partial charge in [-0.15, -0.1) is 0 Å². The normalized spacial score (nSPS) is 30.0. The third-order valence-electron chi connectivity index (χ3n) is 1.59. The summed E-state index contributed by atoms with van der Waals surface area (Å²) in [7, 11) is 0. The van der Waals surface area contributed by atoms with E-state index in [1.807, 2.05) is 0 Å². The fourth-order valence-corrected chi connectivity index (χ4v) is 1.13. The Balaban J connectivity index is 2.13. The number of hydrogen-bond donors (Lipinski definition) is 1. The lowest BCUT2D eigenvalue weighted by Gasteiger charge is -2.23. The molecule has 0 aliphatic carbocycles. The molecule has 0 spiro atoms. The maximum atomic E-state index is 12.4. The zero-order valence-corrected chi connectivity index (χ0v) is 6.27. The van der Waals surface area contributed by atoms with Crippen molar-refractivity contribution >= 4 is 0 Å². The Morgan fingerprint density at radius 2 is 2.60 bits per heavy atom. The first-order chi connectivity index (χ1) is 4.79. The molecular weight excluding hydrogens is 133 g/mol. The minimum Gasteiger partial charge on any atom is -0.375 e. The van der Waals surface area contributed by atoms with Gasteiger partial charge in [-0.1, -0.05) is 0 Å². The number of alkyl halides is 1. The molecule has 3 heteroatoms. The van der Waals surface area contributed by atoms with E-state index in [0.29, 0.717) is 6.42 Å². The van der Waals surface area contributed by atoms with E-state index < -0.39 is 6.17 Å². The molecule has 0 aromatic heterocycles. The highest BCUT2D eigenvalue weighted by Crippen LogP contribution is 2.06. The van der Waals surface area contributed by atoms with E-state index in [2.05, 4.69) is 5.32 Å². The zero-order chi connectivity index (χ0) is 7.40. The van der Waals surface area contributed by atoms with E-state index in [-0.39, 0.29) is 6.10 Å². The molecule has 1 heterocycles. The summed E-state index contributed by atoms with van der Waals surface area (Å²) in [5.74, 6) is 0. The lowest BCUT2D eigenvalue weighted by molar-refractivity contribution is 0.0112. The first-order valence-corrected chi connectivity index (χ1v) is 3.75. The molecule has 2 atom stereocenters. The minimum absolute atomic E-state index is 0.0914. The van der Waals surface area contributed by atoms with Crippen LogP contribution < -0.4 is 5.32 Å². The second-order valence-corrected chi connectivity index (χ2v) is 2.71. The molecule has 1 aliphatic heterocycles. The Kier molecular flexibility index (Phi) is 3.09. The SMILES string of the molecule is CC(F)CC1CNCCO1. The smallest absolute Gasteiger partial charge is 0.0998 e. The van der Waals surface area contributed by atoms with Crippen molar-refractivity contribution < 1.29 is 9.13 Å². The monoisotopic (exact) mass is 147 g/mol. The van der Waals surface area contributed by atoms with Crippen LogP contribution in [0.15, 0.2) is 0 Å². The van der Waals surface area contributed by atoms with Crippen LogP contribution in [-0.4, -0.2) is 32.0 Å². The predicted molar refractivity (Wildman–Crippen MR) is 37.8 cm³/mol. The predicted octanol–water partition coefficient (Wildman–Crippen LogP) is 0.723. The average Bonchev–Trinajstić information content (AvgIpc) is 1.88. The molecule has 60 valence electrons. The van der Waals surface area contributed by atoms with Gasteiger partial charge >= 0.3 is 0 Å². The summed E-state index contributed by atoms with van der Waals surface area (Å²) in [5, 5.41) is 3.15. The van der Waals surface area contributed by atoms with Crippen molar-refractivity contribution in [1.82, 2.24) is 5.32 Å². The summed E-state index contributed by atoms with van der Waals surface area (Å²) in [6.07, 6.45) is -0.133. The van der Waals surface area contributed by atoms with E-state index in [0.717, 1.165) is 19.7 Å². The summed E-state index contributed by atoms with van der Waals surface area (Å²) in [6, 6.07) is 0. The fourth-order valence-electron chi connectivity index (χ4n) is 1.13. The molecule has 2 unspecified atom stereocenters. The largest absolute Gasteiger partial charge is 0.375 e. The summed E-state index contributed by atoms with van der Waals surface area (Å²) < 4.78 is 17.7. The molecule has 0 aromatic rings. The first-order valence-electron chi connectivity index (χ1n) is 3.75. The van der Waals surface area contributed by atoms with Crippen LogP contribution in [-0.2, 0) is 4.74 Å². The molecular formula is C7H14FNO. The highest BCUT2D eigenvalue weighted by molar-refractivity contribution is 4.68. The first kappa shape index (κ1) is 7.95. The second kappa shape index (κ2) is 3.88. The molecule has 10 heavy (non-hydrogen) atoms. The van der Waals surface area contributed by atoms with Crippen molar-refractivity contribution in [3.63, 3.8) is 0 Å². The lowest BCUT2D eigenvalue weighted by atomic mass is 10.2. The molecule has 1 saturated heterocycles. The molecule has 1 rings (SSSR count). The van der Waals surface area contributed by atoms with Crippen LogP contribution in [0.25, 0.3) is 0 Å². The zero-order valence-electron chi connectivity index (χ0n) is 6.27. The van der Waals surface area contributed by atoms with Gasteiger partial charge in [-0.25, -0.2) is 4.39 Å². The van der Waals surface area contributed by atoms with Crippen LogP contribution in [0.4, 0.5) is 4.39 Å². The van der Waals surface area contributed by atoms with Gasteiger partial charge in [-0.2, -0.15) is 0 Å². The quantitative estimate of drug-likeness (QED) is 0.621. The van der Waals surface area contributed by atoms with Crippen molar-refractivity contribution in [2.24, 2.45) is 0 Å². The highest BCUT2D eigenvalue weighted by atomic mass is 19.1. The van der Waals surface area contributed by atoms with E-state index in [1.165, 1.54) is 0 Å². The summed E-state index contributed by atoms with van der Waals surface area (Å²) in [5.41, 5.74) is 0. The number of nitrogens with one attached hydrogen (secondary N) is 1. The number of rotatable bonds is 2. The fraction of sp³-hybridized carbons (Fsp3) is 1.00. The Bertz CT molecular complexity index is 91.6. The van der Waals surface area contributed by atoms with Gasteiger partial charge in [0.1, 0.15) is 0 Å². The highest BCUT2D eigenvalue weighted by Gasteiger charge is 2.15. The van der Waals surface area contributed by atoms with Gasteiger partial charge < -0.3 is 10.1 Å². The Morgan fingerprint density at radius 1 is 1.80 bits per heavy atom. The van der Waals surface area contributed by atoms with Crippen LogP contribution in [0, 0.1) is 0 Å². The van der Waals surface area contributed by atoms with Crippen LogP contribution >= 0.6 is 0 Å². The number of halogens is 1. The van der Waals surface area contributed by atoms with Gasteiger partial charge in [0.25, 0.3) is 0 Å². The third-order valence-corrected chi connectivity index (χ3v) is 1.59. The Morgan fingerprint density at radius 3 is 3.10 bits per heavy atom. The summed E-state index contributed by atoms with van der Waals surface area (Å²) >= 11 is 0. The van der Waals surface area contributed by atoms with Crippen LogP contribution in [0.1, 0.15) is 13.3 Å². The van der Waals surface area contributed by atoms with E-state index in [9.17, 15) is 4.39 Å². The second-order valence-electron chi connectivity index (χ2n) is 2.71. The Hall–Kier alpha value is -0.150. The maximum Gasteiger partial charge on any atom is 0.0998 e. The number of hydrogen-bond acceptors (Lipinski definition) is 2. The van der Waals surface area contributed by atoms with E-state index in [4.69, 9.17) is 4.74 Å².